The molecule has 1 aromatic carbocycles. The second-order valence-electron chi connectivity index (χ2n) is 1.93. The van der Waals surface area contributed by atoms with E-state index in [9.17, 15) is 10.1 Å². The monoisotopic (exact) mass is 188 g/mol. The van der Waals surface area contributed by atoms with Crippen LogP contribution in [0.2, 0.25) is 0 Å². The van der Waals surface area contributed by atoms with Crippen molar-refractivity contribution < 1.29 is 9.76 Å². The number of nitro groups is 1. The zero-order valence-electron chi connectivity index (χ0n) is 5.86. The van der Waals surface area contributed by atoms with Gasteiger partial charge in [-0.1, -0.05) is 5.00 Å². The van der Waals surface area contributed by atoms with E-state index in [1.807, 2.05) is 5.00 Å². The lowest BCUT2D eigenvalue weighted by Crippen LogP contribution is -2.03. The molecule has 1 N–H and O–H groups in total. The molecule has 12 heavy (non-hydrogen) atoms. The summed E-state index contributed by atoms with van der Waals surface area (Å²) >= 11 is 5.03. The molecule has 0 saturated heterocycles. The van der Waals surface area contributed by atoms with Crippen molar-refractivity contribution in [1.29, 1.82) is 0 Å². The van der Waals surface area contributed by atoms with Crippen molar-refractivity contribution in [2.75, 3.05) is 0 Å². The zero-order chi connectivity index (χ0) is 8.97. The molecular formula is C6H5ClN2O3. The summed E-state index contributed by atoms with van der Waals surface area (Å²) in [5, 5.41) is 10.2. The minimum absolute atomic E-state index is 0.0110. The Bertz CT molecular complexity index is 275. The Balaban J connectivity index is 2.78. The fourth-order valence-corrected chi connectivity index (χ4v) is 0.770. The van der Waals surface area contributed by atoms with Gasteiger partial charge in [0, 0.05) is 23.9 Å². The molecule has 0 bridgehead atoms. The van der Waals surface area contributed by atoms with E-state index >= 15 is 0 Å². The summed E-state index contributed by atoms with van der Waals surface area (Å²) in [5.74, 6) is 0.413. The maximum absolute atomic E-state index is 10.2. The number of nitrogens with one attached hydrogen (secondary N) is 1. The summed E-state index contributed by atoms with van der Waals surface area (Å²) in [6, 6.07) is 5.52. The van der Waals surface area contributed by atoms with Gasteiger partial charge in [-0.3, -0.25) is 10.1 Å². The molecule has 6 heteroatoms. The predicted molar refractivity (Wildman–Crippen MR) is 42.7 cm³/mol. The number of nitro benzene ring substituents is 1. The third-order valence-corrected chi connectivity index (χ3v) is 1.28. The summed E-state index contributed by atoms with van der Waals surface area (Å²) in [6.45, 7) is 0. The van der Waals surface area contributed by atoms with Crippen LogP contribution in [0.4, 0.5) is 5.69 Å². The molecule has 0 aliphatic rings. The van der Waals surface area contributed by atoms with Crippen LogP contribution in [0.15, 0.2) is 24.3 Å². The summed E-state index contributed by atoms with van der Waals surface area (Å²) in [7, 11) is 0. The fourth-order valence-electron chi connectivity index (χ4n) is 0.680. The minimum Gasteiger partial charge on any atom is -0.393 e. The van der Waals surface area contributed by atoms with Gasteiger partial charge in [0.2, 0.25) is 0 Å². The number of hydrogen-bond donors (Lipinski definition) is 1. The van der Waals surface area contributed by atoms with E-state index in [2.05, 4.69) is 4.84 Å². The molecule has 0 atom stereocenters. The number of rotatable bonds is 3. The average Bonchev–Trinajstić information content (AvgIpc) is 2.06. The van der Waals surface area contributed by atoms with E-state index < -0.39 is 4.92 Å². The van der Waals surface area contributed by atoms with Gasteiger partial charge in [-0.25, -0.2) is 0 Å². The van der Waals surface area contributed by atoms with E-state index in [1.165, 1.54) is 24.3 Å². The van der Waals surface area contributed by atoms with Gasteiger partial charge < -0.3 is 4.84 Å². The second-order valence-corrected chi connectivity index (χ2v) is 2.08. The Labute approximate surface area is 73.1 Å². The summed E-state index contributed by atoms with van der Waals surface area (Å²) in [6.07, 6.45) is 0. The molecule has 0 fully saturated rings. The Morgan fingerprint density at radius 3 is 2.42 bits per heavy atom. The van der Waals surface area contributed by atoms with Gasteiger partial charge in [0.15, 0.2) is 0 Å². The molecule has 5 nitrogen and oxygen atoms in total. The van der Waals surface area contributed by atoms with Gasteiger partial charge in [0.1, 0.15) is 5.75 Å². The van der Waals surface area contributed by atoms with Gasteiger partial charge in [-0.05, 0) is 12.1 Å². The van der Waals surface area contributed by atoms with Crippen molar-refractivity contribution in [3.05, 3.63) is 34.4 Å². The average molecular weight is 189 g/mol. The van der Waals surface area contributed by atoms with Crippen LogP contribution in [0.5, 0.6) is 5.75 Å². The standard InChI is InChI=1S/C6H5ClN2O3/c7-8-12-6-3-1-5(2-4-6)9(10)11/h1-4,8H. The molecule has 0 saturated carbocycles. The van der Waals surface area contributed by atoms with Gasteiger partial charge in [-0.15, -0.1) is 0 Å². The van der Waals surface area contributed by atoms with Crippen LogP contribution in [-0.4, -0.2) is 4.92 Å². The molecular weight excluding hydrogens is 184 g/mol. The van der Waals surface area contributed by atoms with Crippen molar-refractivity contribution >= 4 is 17.5 Å². The molecule has 0 aliphatic heterocycles. The molecule has 0 aliphatic carbocycles. The van der Waals surface area contributed by atoms with Crippen LogP contribution in [-0.2, 0) is 0 Å². The van der Waals surface area contributed by atoms with Crippen LogP contribution in [0, 0.1) is 10.1 Å². The molecule has 0 aromatic heterocycles. The molecule has 0 radical (unpaired) electrons. The number of non-ortho nitro benzene ring substituents is 1. The first-order valence-corrected chi connectivity index (χ1v) is 3.39. The molecule has 0 amide bonds. The minimum atomic E-state index is -0.488. The number of nitrogens with zero attached hydrogens (tertiary/aromatic N) is 1. The van der Waals surface area contributed by atoms with Gasteiger partial charge >= 0.3 is 0 Å². The predicted octanol–water partition coefficient (Wildman–Crippen LogP) is 1.63. The molecule has 1 rings (SSSR count). The SMILES string of the molecule is O=[N+]([O-])c1ccc(ONCl)cc1. The fraction of sp³-hybridized carbons (Fsp3) is 0. The lowest BCUT2D eigenvalue weighted by Gasteiger charge is -1.98. The van der Waals surface area contributed by atoms with Crippen molar-refractivity contribution in [1.82, 2.24) is 5.00 Å². The molecule has 0 spiro atoms. The maximum atomic E-state index is 10.2. The Kier molecular flexibility index (Phi) is 2.84. The third kappa shape index (κ3) is 2.08. The summed E-state index contributed by atoms with van der Waals surface area (Å²) in [4.78, 5) is 16.3. The quantitative estimate of drug-likeness (QED) is 0.445. The number of hydrogen-bond acceptors (Lipinski definition) is 4. The van der Waals surface area contributed by atoms with Crippen molar-refractivity contribution in [2.45, 2.75) is 0 Å². The Morgan fingerprint density at radius 1 is 1.42 bits per heavy atom. The summed E-state index contributed by atoms with van der Waals surface area (Å²) in [5.41, 5.74) is 0.0110. The van der Waals surface area contributed by atoms with Gasteiger partial charge in [0.25, 0.3) is 5.69 Å². The lowest BCUT2D eigenvalue weighted by molar-refractivity contribution is -0.384. The van der Waals surface area contributed by atoms with E-state index in [-0.39, 0.29) is 5.69 Å². The Morgan fingerprint density at radius 2 is 2.00 bits per heavy atom. The topological polar surface area (TPSA) is 64.4 Å². The van der Waals surface area contributed by atoms with E-state index in [0.717, 1.165) is 0 Å². The zero-order valence-corrected chi connectivity index (χ0v) is 6.62. The first-order chi connectivity index (χ1) is 5.74. The maximum Gasteiger partial charge on any atom is 0.269 e. The first kappa shape index (κ1) is 8.76. The number of halogens is 1. The van der Waals surface area contributed by atoms with Crippen molar-refractivity contribution in [3.63, 3.8) is 0 Å². The van der Waals surface area contributed by atoms with Crippen LogP contribution in [0.3, 0.4) is 0 Å². The van der Waals surface area contributed by atoms with Crippen LogP contribution >= 0.6 is 11.8 Å². The lowest BCUT2D eigenvalue weighted by atomic mass is 10.3. The van der Waals surface area contributed by atoms with E-state index in [4.69, 9.17) is 11.8 Å². The number of benzene rings is 1. The highest BCUT2D eigenvalue weighted by atomic mass is 35.5. The Hall–Kier alpha value is -1.33. The van der Waals surface area contributed by atoms with Gasteiger partial charge in [-0.2, -0.15) is 0 Å². The third-order valence-electron chi connectivity index (χ3n) is 1.20. The normalized spacial score (nSPS) is 9.42. The van der Waals surface area contributed by atoms with E-state index in [0.29, 0.717) is 5.75 Å². The largest absolute Gasteiger partial charge is 0.393 e. The van der Waals surface area contributed by atoms with Crippen molar-refractivity contribution in [3.8, 4) is 5.75 Å². The highest BCUT2D eigenvalue weighted by Gasteiger charge is 2.03. The van der Waals surface area contributed by atoms with Gasteiger partial charge in [0.05, 0.1) is 4.92 Å². The molecule has 1 aromatic rings. The highest BCUT2D eigenvalue weighted by Crippen LogP contribution is 2.16. The van der Waals surface area contributed by atoms with E-state index in [1.54, 1.807) is 0 Å². The van der Waals surface area contributed by atoms with Crippen LogP contribution in [0.1, 0.15) is 0 Å². The van der Waals surface area contributed by atoms with Crippen LogP contribution < -0.4 is 9.84 Å². The highest BCUT2D eigenvalue weighted by molar-refractivity contribution is 6.12. The van der Waals surface area contributed by atoms with Crippen LogP contribution in [0.25, 0.3) is 0 Å². The van der Waals surface area contributed by atoms with Crippen molar-refractivity contribution in [2.24, 2.45) is 0 Å². The first-order valence-electron chi connectivity index (χ1n) is 3.01. The molecule has 0 unspecified atom stereocenters. The smallest absolute Gasteiger partial charge is 0.269 e. The second kappa shape index (κ2) is 3.89. The summed E-state index contributed by atoms with van der Waals surface area (Å²) < 4.78 is 0. The molecule has 64 valence electrons. The molecule has 0 heterocycles.